The average molecular weight is 315 g/mol. The molecule has 1 heterocycles. The smallest absolute Gasteiger partial charge is 0.238 e. The van der Waals surface area contributed by atoms with Crippen LogP contribution in [0.2, 0.25) is 0 Å². The maximum Gasteiger partial charge on any atom is 0.238 e. The van der Waals surface area contributed by atoms with Crippen molar-refractivity contribution in [3.8, 4) is 11.5 Å². The molecule has 0 saturated carbocycles. The van der Waals surface area contributed by atoms with Crippen LogP contribution in [0.25, 0.3) is 0 Å². The number of benzene rings is 2. The van der Waals surface area contributed by atoms with E-state index in [0.717, 1.165) is 22.7 Å². The van der Waals surface area contributed by atoms with Gasteiger partial charge in [-0.3, -0.25) is 9.69 Å². The van der Waals surface area contributed by atoms with Crippen LogP contribution in [-0.2, 0) is 4.79 Å². The van der Waals surface area contributed by atoms with Gasteiger partial charge in [0, 0.05) is 5.69 Å². The Morgan fingerprint density at radius 3 is 2.45 bits per heavy atom. The third kappa shape index (κ3) is 2.76. The highest BCUT2D eigenvalue weighted by molar-refractivity contribution is 8.00. The molecule has 0 aromatic heterocycles. The number of hydrogen-bond donors (Lipinski definition) is 0. The number of carbonyl (C=O) groups excluding carboxylic acids is 1. The fourth-order valence-corrected chi connectivity index (χ4v) is 3.65. The SMILES string of the molecule is COc1ccc(N2C(=O)CSC2c2cccc(OC)c2)cc1. The predicted octanol–water partition coefficient (Wildman–Crippen LogP) is 3.48. The van der Waals surface area contributed by atoms with E-state index in [1.807, 2.05) is 53.4 Å². The van der Waals surface area contributed by atoms with Crippen molar-refractivity contribution in [2.75, 3.05) is 24.9 Å². The molecular formula is C17H17NO3S. The number of methoxy groups -OCH3 is 2. The molecule has 1 saturated heterocycles. The summed E-state index contributed by atoms with van der Waals surface area (Å²) in [6.07, 6.45) is 0. The van der Waals surface area contributed by atoms with Crippen LogP contribution in [0.5, 0.6) is 11.5 Å². The Labute approximate surface area is 134 Å². The summed E-state index contributed by atoms with van der Waals surface area (Å²) in [4.78, 5) is 14.1. The molecule has 1 amide bonds. The molecule has 1 unspecified atom stereocenters. The summed E-state index contributed by atoms with van der Waals surface area (Å²) in [5.41, 5.74) is 1.94. The van der Waals surface area contributed by atoms with Crippen molar-refractivity contribution in [2.24, 2.45) is 0 Å². The van der Waals surface area contributed by atoms with Gasteiger partial charge in [0.15, 0.2) is 0 Å². The van der Waals surface area contributed by atoms with Crippen LogP contribution in [0.4, 0.5) is 5.69 Å². The van der Waals surface area contributed by atoms with Crippen molar-refractivity contribution >= 4 is 23.4 Å². The molecule has 1 atom stereocenters. The summed E-state index contributed by atoms with van der Waals surface area (Å²) >= 11 is 1.63. The number of thioether (sulfide) groups is 1. The first kappa shape index (κ1) is 14.8. The summed E-state index contributed by atoms with van der Waals surface area (Å²) in [6.45, 7) is 0. The zero-order valence-corrected chi connectivity index (χ0v) is 13.3. The third-order valence-electron chi connectivity index (χ3n) is 3.60. The molecule has 0 bridgehead atoms. The van der Waals surface area contributed by atoms with Crippen molar-refractivity contribution in [1.82, 2.24) is 0 Å². The Bertz CT molecular complexity index is 672. The molecule has 4 nitrogen and oxygen atoms in total. The molecule has 0 N–H and O–H groups in total. The van der Waals surface area contributed by atoms with Crippen molar-refractivity contribution in [3.63, 3.8) is 0 Å². The Balaban J connectivity index is 1.94. The Morgan fingerprint density at radius 2 is 1.77 bits per heavy atom. The van der Waals surface area contributed by atoms with Gasteiger partial charge in [-0.05, 0) is 42.0 Å². The van der Waals surface area contributed by atoms with Crippen molar-refractivity contribution in [1.29, 1.82) is 0 Å². The maximum absolute atomic E-state index is 12.3. The van der Waals surface area contributed by atoms with E-state index >= 15 is 0 Å². The molecular weight excluding hydrogens is 298 g/mol. The number of hydrogen-bond acceptors (Lipinski definition) is 4. The van der Waals surface area contributed by atoms with Gasteiger partial charge < -0.3 is 9.47 Å². The highest BCUT2D eigenvalue weighted by Crippen LogP contribution is 2.42. The third-order valence-corrected chi connectivity index (χ3v) is 4.81. The van der Waals surface area contributed by atoms with Crippen molar-refractivity contribution in [2.45, 2.75) is 5.37 Å². The molecule has 2 aromatic carbocycles. The van der Waals surface area contributed by atoms with Gasteiger partial charge in [0.05, 0.1) is 20.0 Å². The number of rotatable bonds is 4. The van der Waals surface area contributed by atoms with Crippen LogP contribution < -0.4 is 14.4 Å². The van der Waals surface area contributed by atoms with Crippen LogP contribution in [0.3, 0.4) is 0 Å². The van der Waals surface area contributed by atoms with Gasteiger partial charge in [-0.15, -0.1) is 11.8 Å². The van der Waals surface area contributed by atoms with Gasteiger partial charge in [-0.2, -0.15) is 0 Å². The number of carbonyl (C=O) groups is 1. The lowest BCUT2D eigenvalue weighted by atomic mass is 10.1. The quantitative estimate of drug-likeness (QED) is 0.866. The zero-order valence-electron chi connectivity index (χ0n) is 12.5. The molecule has 0 spiro atoms. The lowest BCUT2D eigenvalue weighted by molar-refractivity contribution is -0.115. The fourth-order valence-electron chi connectivity index (χ4n) is 2.49. The van der Waals surface area contributed by atoms with E-state index in [0.29, 0.717) is 5.75 Å². The first-order valence-corrected chi connectivity index (χ1v) is 7.99. The lowest BCUT2D eigenvalue weighted by Gasteiger charge is -2.24. The second-order valence-electron chi connectivity index (χ2n) is 4.90. The predicted molar refractivity (Wildman–Crippen MR) is 88.7 cm³/mol. The zero-order chi connectivity index (χ0) is 15.5. The first-order chi connectivity index (χ1) is 10.7. The number of ether oxygens (including phenoxy) is 2. The molecule has 0 aliphatic carbocycles. The molecule has 0 radical (unpaired) electrons. The van der Waals surface area contributed by atoms with E-state index < -0.39 is 0 Å². The molecule has 1 aliphatic heterocycles. The fraction of sp³-hybridized carbons (Fsp3) is 0.235. The van der Waals surface area contributed by atoms with Crippen LogP contribution in [0.1, 0.15) is 10.9 Å². The molecule has 22 heavy (non-hydrogen) atoms. The van der Waals surface area contributed by atoms with E-state index in [1.165, 1.54) is 0 Å². The van der Waals surface area contributed by atoms with Crippen LogP contribution in [-0.4, -0.2) is 25.9 Å². The maximum atomic E-state index is 12.3. The second kappa shape index (κ2) is 6.32. The van der Waals surface area contributed by atoms with Gasteiger partial charge in [-0.25, -0.2) is 0 Å². The molecule has 5 heteroatoms. The Hall–Kier alpha value is -2.14. The first-order valence-electron chi connectivity index (χ1n) is 6.94. The van der Waals surface area contributed by atoms with Gasteiger partial charge in [0.1, 0.15) is 16.9 Å². The summed E-state index contributed by atoms with van der Waals surface area (Å²) < 4.78 is 10.5. The van der Waals surface area contributed by atoms with E-state index in [1.54, 1.807) is 26.0 Å². The summed E-state index contributed by atoms with van der Waals surface area (Å²) in [5.74, 6) is 2.17. The molecule has 2 aromatic rings. The van der Waals surface area contributed by atoms with Crippen molar-refractivity contribution in [3.05, 3.63) is 54.1 Å². The minimum absolute atomic E-state index is 0.0315. The summed E-state index contributed by atoms with van der Waals surface area (Å²) in [7, 11) is 3.28. The minimum atomic E-state index is -0.0315. The van der Waals surface area contributed by atoms with Crippen LogP contribution in [0.15, 0.2) is 48.5 Å². The van der Waals surface area contributed by atoms with E-state index in [9.17, 15) is 4.79 Å². The Kier molecular flexibility index (Phi) is 4.24. The van der Waals surface area contributed by atoms with Crippen molar-refractivity contribution < 1.29 is 14.3 Å². The van der Waals surface area contributed by atoms with Gasteiger partial charge >= 0.3 is 0 Å². The second-order valence-corrected chi connectivity index (χ2v) is 5.97. The highest BCUT2D eigenvalue weighted by Gasteiger charge is 2.34. The number of nitrogens with zero attached hydrogens (tertiary/aromatic N) is 1. The van der Waals surface area contributed by atoms with Crippen LogP contribution in [0, 0.1) is 0 Å². The van der Waals surface area contributed by atoms with Gasteiger partial charge in [0.25, 0.3) is 0 Å². The normalized spacial score (nSPS) is 17.6. The number of anilines is 1. The van der Waals surface area contributed by atoms with Crippen LogP contribution >= 0.6 is 11.8 Å². The van der Waals surface area contributed by atoms with E-state index in [4.69, 9.17) is 9.47 Å². The summed E-state index contributed by atoms with van der Waals surface area (Å²) in [6, 6.07) is 15.4. The van der Waals surface area contributed by atoms with Gasteiger partial charge in [0.2, 0.25) is 5.91 Å². The van der Waals surface area contributed by atoms with E-state index in [-0.39, 0.29) is 11.3 Å². The Morgan fingerprint density at radius 1 is 1.05 bits per heavy atom. The standard InChI is InChI=1S/C17H17NO3S/c1-20-14-8-6-13(7-9-14)18-16(19)11-22-17(18)12-4-3-5-15(10-12)21-2/h3-10,17H,11H2,1-2H3. The average Bonchev–Trinajstić information content (AvgIpc) is 2.96. The monoisotopic (exact) mass is 315 g/mol. The number of amides is 1. The molecule has 114 valence electrons. The largest absolute Gasteiger partial charge is 0.497 e. The molecule has 1 fully saturated rings. The minimum Gasteiger partial charge on any atom is -0.497 e. The topological polar surface area (TPSA) is 38.8 Å². The highest BCUT2D eigenvalue weighted by atomic mass is 32.2. The molecule has 1 aliphatic rings. The summed E-state index contributed by atoms with van der Waals surface area (Å²) in [5, 5.41) is -0.0315. The molecule has 3 rings (SSSR count). The lowest BCUT2D eigenvalue weighted by Crippen LogP contribution is -2.27. The van der Waals surface area contributed by atoms with Gasteiger partial charge in [-0.1, -0.05) is 12.1 Å². The van der Waals surface area contributed by atoms with E-state index in [2.05, 4.69) is 0 Å².